The van der Waals surface area contributed by atoms with E-state index in [1.165, 1.54) is 12.1 Å². The normalized spacial score (nSPS) is 12.0. The molecule has 1 N–H and O–H groups in total. The molecule has 0 aliphatic heterocycles. The van der Waals surface area contributed by atoms with Crippen LogP contribution in [-0.4, -0.2) is 10.9 Å². The number of hydrogen-bond acceptors (Lipinski definition) is 2. The summed E-state index contributed by atoms with van der Waals surface area (Å²) in [6, 6.07) is 18.2. The zero-order chi connectivity index (χ0) is 16.8. The fourth-order valence-corrected chi connectivity index (χ4v) is 5.37. The molecule has 4 rings (SSSR count). The number of ketones is 1. The molecule has 2 nitrogen and oxygen atoms in total. The molecule has 118 valence electrons. The van der Waals surface area contributed by atoms with Gasteiger partial charge in [-0.3, -0.25) is 4.79 Å². The number of benzene rings is 3. The summed E-state index contributed by atoms with van der Waals surface area (Å²) in [5.41, 5.74) is 0.672. The second-order valence-electron chi connectivity index (χ2n) is 5.68. The van der Waals surface area contributed by atoms with Gasteiger partial charge in [0.05, 0.1) is 0 Å². The highest BCUT2D eigenvalue weighted by Crippen LogP contribution is 2.48. The average Bonchev–Trinajstić information content (AvgIpc) is 2.91. The van der Waals surface area contributed by atoms with E-state index in [9.17, 15) is 14.3 Å². The second kappa shape index (κ2) is 5.42. The molecular weight excluding hydrogens is 323 g/mol. The Hall–Kier alpha value is -2.72. The van der Waals surface area contributed by atoms with Gasteiger partial charge in [-0.2, -0.15) is 0 Å². The molecule has 0 spiro atoms. The molecule has 0 aliphatic carbocycles. The van der Waals surface area contributed by atoms with E-state index in [1.807, 2.05) is 42.5 Å². The third-order valence-corrected chi connectivity index (χ3v) is 6.47. The first-order valence-corrected chi connectivity index (χ1v) is 8.76. The highest BCUT2D eigenvalue weighted by Gasteiger charge is 2.24. The number of hydrogen-bond donors (Lipinski definition) is 1. The Morgan fingerprint density at radius 1 is 0.958 bits per heavy atom. The van der Waals surface area contributed by atoms with Crippen LogP contribution in [0, 0.1) is 5.82 Å². The van der Waals surface area contributed by atoms with E-state index in [0.29, 0.717) is 5.56 Å². The minimum atomic E-state index is -0.619. The maximum atomic E-state index is 13.9. The molecule has 0 amide bonds. The summed E-state index contributed by atoms with van der Waals surface area (Å²) in [6.45, 7) is 1.55. The van der Waals surface area contributed by atoms with E-state index in [0.717, 1.165) is 25.1 Å². The summed E-state index contributed by atoms with van der Waals surface area (Å²) in [7, 11) is -0.443. The predicted octanol–water partition coefficient (Wildman–Crippen LogP) is 5.78. The van der Waals surface area contributed by atoms with Crippen molar-refractivity contribution < 1.29 is 14.3 Å². The standard InChI is InChI=1S/C20H13FO2S/c1-12(22)13-6-9-20-16(10-13)15-4-2-3-5-19(15)24(20)14-7-8-18(23)17(21)11-14/h2-11H,1H3/p+1. The van der Waals surface area contributed by atoms with Gasteiger partial charge < -0.3 is 5.11 Å². The molecule has 3 aromatic carbocycles. The van der Waals surface area contributed by atoms with E-state index in [-0.39, 0.29) is 11.5 Å². The van der Waals surface area contributed by atoms with E-state index >= 15 is 0 Å². The Labute approximate surface area is 140 Å². The summed E-state index contributed by atoms with van der Waals surface area (Å²) < 4.78 is 16.0. The van der Waals surface area contributed by atoms with Crippen LogP contribution in [-0.2, 0) is 0 Å². The van der Waals surface area contributed by atoms with E-state index in [1.54, 1.807) is 13.0 Å². The Balaban J connectivity index is 2.13. The van der Waals surface area contributed by atoms with E-state index in [4.69, 9.17) is 0 Å². The monoisotopic (exact) mass is 337 g/mol. The Kier molecular flexibility index (Phi) is 3.36. The van der Waals surface area contributed by atoms with Crippen molar-refractivity contribution in [3.63, 3.8) is 0 Å². The Bertz CT molecular complexity index is 1110. The number of rotatable bonds is 2. The lowest BCUT2D eigenvalue weighted by Gasteiger charge is -1.97. The molecule has 0 saturated carbocycles. The van der Waals surface area contributed by atoms with Crippen molar-refractivity contribution in [1.29, 1.82) is 0 Å². The third kappa shape index (κ3) is 2.19. The van der Waals surface area contributed by atoms with E-state index in [2.05, 4.69) is 0 Å². The molecule has 24 heavy (non-hydrogen) atoms. The van der Waals surface area contributed by atoms with Crippen LogP contribution in [0.2, 0.25) is 0 Å². The van der Waals surface area contributed by atoms with Crippen molar-refractivity contribution in [2.45, 2.75) is 6.92 Å². The van der Waals surface area contributed by atoms with Gasteiger partial charge in [-0.25, -0.2) is 4.39 Å². The Morgan fingerprint density at radius 3 is 2.46 bits per heavy atom. The predicted molar refractivity (Wildman–Crippen MR) is 96.9 cm³/mol. The summed E-state index contributed by atoms with van der Waals surface area (Å²) in [6.07, 6.45) is 0. The number of phenols is 1. The van der Waals surface area contributed by atoms with Crippen LogP contribution < -0.4 is 0 Å². The molecular formula is C20H14FO2S+. The lowest BCUT2D eigenvalue weighted by molar-refractivity contribution is 0.101. The largest absolute Gasteiger partial charge is 0.505 e. The maximum absolute atomic E-state index is 13.9. The first-order valence-electron chi connectivity index (χ1n) is 7.53. The number of thiophene rings is 1. The lowest BCUT2D eigenvalue weighted by atomic mass is 10.1. The molecule has 4 aromatic rings. The summed E-state index contributed by atoms with van der Waals surface area (Å²) in [5, 5.41) is 11.6. The highest BCUT2D eigenvalue weighted by atomic mass is 32.2. The maximum Gasteiger partial charge on any atom is 0.187 e. The number of Topliss-reactive ketones (excluding diaryl/α,β-unsaturated/α-hetero) is 1. The van der Waals surface area contributed by atoms with Gasteiger partial charge in [0.25, 0.3) is 0 Å². The van der Waals surface area contributed by atoms with Crippen LogP contribution >= 0.6 is 10.5 Å². The Morgan fingerprint density at radius 2 is 1.71 bits per heavy atom. The number of phenolic OH excluding ortho intramolecular Hbond substituents is 1. The quantitative estimate of drug-likeness (QED) is 0.372. The number of carbonyl (C=O) groups excluding carboxylic acids is 1. The smallest absolute Gasteiger partial charge is 0.187 e. The molecule has 4 heteroatoms. The molecule has 0 aliphatic rings. The van der Waals surface area contributed by atoms with Gasteiger partial charge in [0, 0.05) is 38.9 Å². The molecule has 0 saturated heterocycles. The number of carbonyl (C=O) groups is 1. The zero-order valence-corrected chi connectivity index (χ0v) is 13.7. The van der Waals surface area contributed by atoms with Crippen LogP contribution in [0.1, 0.15) is 17.3 Å². The lowest BCUT2D eigenvalue weighted by Crippen LogP contribution is -1.90. The second-order valence-corrected chi connectivity index (χ2v) is 7.65. The van der Waals surface area contributed by atoms with Crippen LogP contribution in [0.4, 0.5) is 4.39 Å². The molecule has 1 heterocycles. The summed E-state index contributed by atoms with van der Waals surface area (Å²) >= 11 is 0. The van der Waals surface area contributed by atoms with Crippen molar-refractivity contribution in [2.75, 3.05) is 0 Å². The molecule has 1 aromatic heterocycles. The fourth-order valence-electron chi connectivity index (χ4n) is 2.99. The first kappa shape index (κ1) is 14.8. The average molecular weight is 337 g/mol. The van der Waals surface area contributed by atoms with Crippen LogP contribution in [0.15, 0.2) is 60.7 Å². The summed E-state index contributed by atoms with van der Waals surface area (Å²) in [4.78, 5) is 12.5. The van der Waals surface area contributed by atoms with Crippen LogP contribution in [0.5, 0.6) is 5.75 Å². The number of aromatic hydroxyl groups is 1. The van der Waals surface area contributed by atoms with Gasteiger partial charge in [-0.1, -0.05) is 12.1 Å². The van der Waals surface area contributed by atoms with Crippen molar-refractivity contribution in [3.8, 4) is 10.6 Å². The van der Waals surface area contributed by atoms with Crippen molar-refractivity contribution in [3.05, 3.63) is 72.0 Å². The van der Waals surface area contributed by atoms with E-state index < -0.39 is 16.3 Å². The first-order chi connectivity index (χ1) is 11.6. The van der Waals surface area contributed by atoms with Crippen molar-refractivity contribution >= 4 is 36.4 Å². The topological polar surface area (TPSA) is 37.3 Å². The molecule has 0 fully saturated rings. The van der Waals surface area contributed by atoms with Gasteiger partial charge in [0.2, 0.25) is 0 Å². The molecule has 0 radical (unpaired) electrons. The van der Waals surface area contributed by atoms with Crippen molar-refractivity contribution in [1.82, 2.24) is 0 Å². The summed E-state index contributed by atoms with van der Waals surface area (Å²) in [5.74, 6) is -0.939. The number of fused-ring (bicyclic) bond motifs is 3. The zero-order valence-electron chi connectivity index (χ0n) is 12.9. The third-order valence-electron chi connectivity index (χ3n) is 4.16. The number of halogens is 1. The van der Waals surface area contributed by atoms with Crippen LogP contribution in [0.25, 0.3) is 25.1 Å². The molecule has 1 atom stereocenters. The minimum Gasteiger partial charge on any atom is -0.505 e. The van der Waals surface area contributed by atoms with Gasteiger partial charge >= 0.3 is 0 Å². The fraction of sp³-hybridized carbons (Fsp3) is 0.0500. The van der Waals surface area contributed by atoms with Gasteiger partial charge in [0.15, 0.2) is 31.6 Å². The van der Waals surface area contributed by atoms with Gasteiger partial charge in [-0.15, -0.1) is 0 Å². The molecule has 1 unspecified atom stereocenters. The van der Waals surface area contributed by atoms with Gasteiger partial charge in [0.1, 0.15) is 0 Å². The van der Waals surface area contributed by atoms with Crippen LogP contribution in [0.3, 0.4) is 0 Å². The highest BCUT2D eigenvalue weighted by molar-refractivity contribution is 7.50. The van der Waals surface area contributed by atoms with Gasteiger partial charge in [-0.05, 0) is 43.3 Å². The van der Waals surface area contributed by atoms with Crippen molar-refractivity contribution in [2.24, 2.45) is 0 Å². The SMILES string of the molecule is CC(=O)c1ccc2c(c1)c1ccccc1[s+]2-c1ccc(O)c(F)c1. The molecule has 0 bridgehead atoms. The minimum absolute atomic E-state index is 0.0257.